The zero-order valence-corrected chi connectivity index (χ0v) is 15.3. The largest absolute Gasteiger partial charge is 0.351 e. The normalized spacial score (nSPS) is 16.4. The monoisotopic (exact) mass is 367 g/mol. The maximum absolute atomic E-state index is 12.7. The van der Waals surface area contributed by atoms with Crippen LogP contribution in [-0.4, -0.2) is 23.3 Å². The summed E-state index contributed by atoms with van der Waals surface area (Å²) in [6, 6.07) is 11.9. The fourth-order valence-electron chi connectivity index (χ4n) is 3.17. The number of nitro benzene ring substituents is 1. The van der Waals surface area contributed by atoms with Crippen LogP contribution in [0.4, 0.5) is 11.4 Å². The van der Waals surface area contributed by atoms with Crippen LogP contribution in [0.15, 0.2) is 42.5 Å². The van der Waals surface area contributed by atoms with E-state index in [4.69, 9.17) is 0 Å². The number of aryl methyl sites for hydroxylation is 2. The molecule has 7 heteroatoms. The summed E-state index contributed by atoms with van der Waals surface area (Å²) in [4.78, 5) is 37.1. The fraction of sp³-hybridized carbons (Fsp3) is 0.300. The fourth-order valence-corrected chi connectivity index (χ4v) is 3.17. The number of nitro groups is 1. The van der Waals surface area contributed by atoms with E-state index < -0.39 is 10.8 Å². The molecule has 0 spiro atoms. The Bertz CT molecular complexity index is 910. The molecular weight excluding hydrogens is 346 g/mol. The molecule has 1 fully saturated rings. The molecule has 2 aromatic carbocycles. The van der Waals surface area contributed by atoms with Gasteiger partial charge in [0.25, 0.3) is 5.69 Å². The number of non-ortho nitro benzene ring substituents is 1. The number of nitrogens with one attached hydrogen (secondary N) is 1. The van der Waals surface area contributed by atoms with Crippen molar-refractivity contribution in [1.29, 1.82) is 0 Å². The third-order valence-electron chi connectivity index (χ3n) is 4.91. The van der Waals surface area contributed by atoms with E-state index in [9.17, 15) is 19.7 Å². The van der Waals surface area contributed by atoms with Crippen LogP contribution in [0.5, 0.6) is 0 Å². The molecule has 1 saturated heterocycles. The number of carbonyl (C=O) groups excluding carboxylic acids is 2. The van der Waals surface area contributed by atoms with Gasteiger partial charge in [-0.05, 0) is 49.1 Å². The highest BCUT2D eigenvalue weighted by atomic mass is 16.6. The van der Waals surface area contributed by atoms with Crippen LogP contribution in [0.3, 0.4) is 0 Å². The topological polar surface area (TPSA) is 92.6 Å². The van der Waals surface area contributed by atoms with Crippen LogP contribution in [0.2, 0.25) is 0 Å². The summed E-state index contributed by atoms with van der Waals surface area (Å²) >= 11 is 0. The van der Waals surface area contributed by atoms with Gasteiger partial charge in [-0.2, -0.15) is 0 Å². The Morgan fingerprint density at radius 3 is 2.70 bits per heavy atom. The first-order chi connectivity index (χ1) is 12.9. The number of nitrogens with zero attached hydrogens (tertiary/aromatic N) is 2. The average Bonchev–Trinajstić information content (AvgIpc) is 3.04. The van der Waals surface area contributed by atoms with Gasteiger partial charge in [0.1, 0.15) is 5.92 Å². The Hall–Kier alpha value is -3.22. The zero-order chi connectivity index (χ0) is 19.6. The number of carbonyl (C=O) groups is 2. The number of amides is 2. The van der Waals surface area contributed by atoms with Crippen molar-refractivity contribution in [2.75, 3.05) is 11.4 Å². The first kappa shape index (κ1) is 18.6. The predicted octanol–water partition coefficient (Wildman–Crippen LogP) is 2.88. The minimum Gasteiger partial charge on any atom is -0.351 e. The summed E-state index contributed by atoms with van der Waals surface area (Å²) in [5, 5.41) is 13.5. The van der Waals surface area contributed by atoms with Gasteiger partial charge in [-0.25, -0.2) is 0 Å². The summed E-state index contributed by atoms with van der Waals surface area (Å²) in [5.74, 6) is -1.29. The third kappa shape index (κ3) is 3.97. The molecule has 27 heavy (non-hydrogen) atoms. The molecule has 1 atom stereocenters. The Labute approximate surface area is 157 Å². The molecular formula is C20H21N3O4. The van der Waals surface area contributed by atoms with Gasteiger partial charge >= 0.3 is 0 Å². The van der Waals surface area contributed by atoms with E-state index in [1.165, 1.54) is 12.1 Å². The highest BCUT2D eigenvalue weighted by Gasteiger charge is 2.37. The molecule has 1 unspecified atom stereocenters. The number of benzene rings is 2. The molecule has 0 aliphatic carbocycles. The lowest BCUT2D eigenvalue weighted by Gasteiger charge is -2.18. The lowest BCUT2D eigenvalue weighted by molar-refractivity contribution is -0.384. The van der Waals surface area contributed by atoms with Gasteiger partial charge in [-0.1, -0.05) is 18.2 Å². The highest BCUT2D eigenvalue weighted by Crippen LogP contribution is 2.27. The van der Waals surface area contributed by atoms with Gasteiger partial charge in [0.05, 0.1) is 4.92 Å². The Morgan fingerprint density at radius 1 is 1.22 bits per heavy atom. The molecule has 0 radical (unpaired) electrons. The van der Waals surface area contributed by atoms with Gasteiger partial charge in [0, 0.05) is 30.9 Å². The minimum atomic E-state index is -0.731. The van der Waals surface area contributed by atoms with Crippen LogP contribution in [0, 0.1) is 29.9 Å². The van der Waals surface area contributed by atoms with Crippen LogP contribution >= 0.6 is 0 Å². The molecule has 1 heterocycles. The van der Waals surface area contributed by atoms with Crippen molar-refractivity contribution >= 4 is 23.2 Å². The number of anilines is 1. The van der Waals surface area contributed by atoms with Crippen molar-refractivity contribution in [3.63, 3.8) is 0 Å². The summed E-state index contributed by atoms with van der Waals surface area (Å²) in [6.45, 7) is 4.64. The number of hydrogen-bond donors (Lipinski definition) is 1. The second-order valence-corrected chi connectivity index (χ2v) is 6.74. The van der Waals surface area contributed by atoms with Gasteiger partial charge in [-0.3, -0.25) is 19.7 Å². The van der Waals surface area contributed by atoms with Gasteiger partial charge in [-0.15, -0.1) is 0 Å². The predicted molar refractivity (Wildman–Crippen MR) is 101 cm³/mol. The molecule has 1 aliphatic rings. The maximum atomic E-state index is 12.7. The van der Waals surface area contributed by atoms with Crippen molar-refractivity contribution in [1.82, 2.24) is 5.32 Å². The van der Waals surface area contributed by atoms with Gasteiger partial charge in [0.15, 0.2) is 0 Å². The number of hydrogen-bond acceptors (Lipinski definition) is 4. The molecule has 1 N–H and O–H groups in total. The molecule has 3 rings (SSSR count). The molecule has 2 aromatic rings. The Morgan fingerprint density at radius 2 is 2.00 bits per heavy atom. The quantitative estimate of drug-likeness (QED) is 0.500. The second-order valence-electron chi connectivity index (χ2n) is 6.74. The summed E-state index contributed by atoms with van der Waals surface area (Å²) in [7, 11) is 0. The molecule has 0 bridgehead atoms. The summed E-state index contributed by atoms with van der Waals surface area (Å²) in [5.41, 5.74) is 3.64. The van der Waals surface area contributed by atoms with E-state index in [1.807, 2.05) is 32.0 Å². The van der Waals surface area contributed by atoms with Crippen molar-refractivity contribution in [2.45, 2.75) is 26.8 Å². The van der Waals surface area contributed by atoms with Crippen LogP contribution in [0.1, 0.15) is 23.1 Å². The van der Waals surface area contributed by atoms with E-state index in [1.54, 1.807) is 17.0 Å². The van der Waals surface area contributed by atoms with Gasteiger partial charge < -0.3 is 10.2 Å². The zero-order valence-electron chi connectivity index (χ0n) is 15.3. The summed E-state index contributed by atoms with van der Waals surface area (Å²) in [6.07, 6.45) is 0.451. The van der Waals surface area contributed by atoms with E-state index in [-0.39, 0.29) is 24.0 Å². The van der Waals surface area contributed by atoms with Crippen LogP contribution < -0.4 is 10.2 Å². The lowest BCUT2D eigenvalue weighted by atomic mass is 10.1. The van der Waals surface area contributed by atoms with Crippen LogP contribution in [0.25, 0.3) is 0 Å². The van der Waals surface area contributed by atoms with E-state index in [2.05, 4.69) is 5.32 Å². The van der Waals surface area contributed by atoms with Crippen molar-refractivity contribution in [3.8, 4) is 0 Å². The summed E-state index contributed by atoms with van der Waals surface area (Å²) < 4.78 is 0. The molecule has 7 nitrogen and oxygen atoms in total. The Balaban J connectivity index is 1.64. The first-order valence-corrected chi connectivity index (χ1v) is 8.76. The molecule has 1 aliphatic heterocycles. The molecule has 2 amide bonds. The van der Waals surface area contributed by atoms with E-state index >= 15 is 0 Å². The van der Waals surface area contributed by atoms with E-state index in [0.29, 0.717) is 18.5 Å². The maximum Gasteiger partial charge on any atom is 0.269 e. The SMILES string of the molecule is Cc1ccc(N2CCC(C(=O)NCc3cccc([N+](=O)[O-])c3)C2=O)cc1C. The second kappa shape index (κ2) is 7.57. The molecule has 0 aromatic heterocycles. The van der Waals surface area contributed by atoms with Crippen molar-refractivity contribution in [3.05, 3.63) is 69.3 Å². The standard InChI is InChI=1S/C20H21N3O4/c1-13-6-7-16(10-14(13)2)22-9-8-18(20(22)25)19(24)21-12-15-4-3-5-17(11-15)23(26)27/h3-7,10-11,18H,8-9,12H2,1-2H3,(H,21,24). The average molecular weight is 367 g/mol. The third-order valence-corrected chi connectivity index (χ3v) is 4.91. The highest BCUT2D eigenvalue weighted by molar-refractivity contribution is 6.09. The lowest BCUT2D eigenvalue weighted by Crippen LogP contribution is -2.36. The van der Waals surface area contributed by atoms with Crippen LogP contribution in [-0.2, 0) is 16.1 Å². The minimum absolute atomic E-state index is 0.0281. The van der Waals surface area contributed by atoms with E-state index in [0.717, 1.165) is 16.8 Å². The molecule has 0 saturated carbocycles. The first-order valence-electron chi connectivity index (χ1n) is 8.76. The van der Waals surface area contributed by atoms with Gasteiger partial charge in [0.2, 0.25) is 11.8 Å². The van der Waals surface area contributed by atoms with Crippen molar-refractivity contribution < 1.29 is 14.5 Å². The van der Waals surface area contributed by atoms with Crippen molar-refractivity contribution in [2.24, 2.45) is 5.92 Å². The smallest absolute Gasteiger partial charge is 0.269 e. The Kier molecular flexibility index (Phi) is 5.21. The number of rotatable bonds is 5. The molecule has 140 valence electrons.